The Kier molecular flexibility index (Phi) is 25.0. The van der Waals surface area contributed by atoms with E-state index in [1.165, 1.54) is 0 Å². The molecule has 0 saturated heterocycles. The zero-order valence-electron chi connectivity index (χ0n) is 2.80. The van der Waals surface area contributed by atoms with Gasteiger partial charge in [0.05, 0.1) is 0 Å². The van der Waals surface area contributed by atoms with E-state index in [9.17, 15) is 0 Å². The van der Waals surface area contributed by atoms with Gasteiger partial charge >= 0.3 is 66.7 Å². The second-order valence-corrected chi connectivity index (χ2v) is 0.283. The number of hydrogen-bond acceptors (Lipinski definition) is 1. The zero-order chi connectivity index (χ0) is 3.58. The zero-order valence-corrected chi connectivity index (χ0v) is 1.80. The molecular formula is CH5Na2O3+. The molecule has 0 aliphatic heterocycles. The van der Waals surface area contributed by atoms with Crippen molar-refractivity contribution in [2.45, 2.75) is 0 Å². The van der Waals surface area contributed by atoms with Crippen LogP contribution >= 0.6 is 0 Å². The SMILES string of the molecule is O=C(O)O.[H+].[NaH].[NaH]. The summed E-state index contributed by atoms with van der Waals surface area (Å²) in [6, 6.07) is 0. The molecule has 0 aromatic carbocycles. The second-order valence-electron chi connectivity index (χ2n) is 0.283. The summed E-state index contributed by atoms with van der Waals surface area (Å²) in [5, 5.41) is 13.9. The number of hydrogen-bond donors (Lipinski definition) is 2. The van der Waals surface area contributed by atoms with Gasteiger partial charge in [0.2, 0.25) is 0 Å². The van der Waals surface area contributed by atoms with Crippen LogP contribution in [0, 0.1) is 0 Å². The van der Waals surface area contributed by atoms with Crippen molar-refractivity contribution >= 4 is 65.3 Å². The topological polar surface area (TPSA) is 57.5 Å². The first-order valence-corrected chi connectivity index (χ1v) is 0.651. The van der Waals surface area contributed by atoms with E-state index < -0.39 is 6.16 Å². The van der Waals surface area contributed by atoms with Crippen LogP contribution in [0.25, 0.3) is 0 Å². The molecule has 0 bridgehead atoms. The Morgan fingerprint density at radius 3 is 1.33 bits per heavy atom. The Morgan fingerprint density at radius 2 is 1.33 bits per heavy atom. The Labute approximate surface area is 80.8 Å². The van der Waals surface area contributed by atoms with Crippen LogP contribution in [-0.4, -0.2) is 75.5 Å². The maximum atomic E-state index is 8.56. The number of rotatable bonds is 0. The summed E-state index contributed by atoms with van der Waals surface area (Å²) in [5.41, 5.74) is 0. The Balaban J connectivity index is -0.0000000150. The summed E-state index contributed by atoms with van der Waals surface area (Å²) in [5.74, 6) is 0. The number of carboxylic acid groups (broad SMARTS) is 2. The van der Waals surface area contributed by atoms with Gasteiger partial charge in [0.25, 0.3) is 0 Å². The monoisotopic (exact) mass is 111 g/mol. The summed E-state index contributed by atoms with van der Waals surface area (Å²) in [4.78, 5) is 8.56. The molecule has 0 saturated carbocycles. The predicted molar refractivity (Wildman–Crippen MR) is 26.1 cm³/mol. The van der Waals surface area contributed by atoms with Gasteiger partial charge in [-0.3, -0.25) is 0 Å². The van der Waals surface area contributed by atoms with Crippen LogP contribution < -0.4 is 0 Å². The van der Waals surface area contributed by atoms with E-state index in [-0.39, 0.29) is 60.5 Å². The molecule has 6 heavy (non-hydrogen) atoms. The van der Waals surface area contributed by atoms with Crippen LogP contribution in [0.2, 0.25) is 0 Å². The van der Waals surface area contributed by atoms with E-state index in [1.807, 2.05) is 0 Å². The Bertz CT molecular complexity index is 35.9. The maximum absolute atomic E-state index is 8.56. The van der Waals surface area contributed by atoms with Gasteiger partial charge in [-0.2, -0.15) is 0 Å². The first kappa shape index (κ1) is 15.7. The molecule has 5 heteroatoms. The molecular weight excluding hydrogens is 106 g/mol. The normalized spacial score (nSPS) is 4.00. The first-order valence-electron chi connectivity index (χ1n) is 0.651. The third-order valence-corrected chi connectivity index (χ3v) is 0. The van der Waals surface area contributed by atoms with Crippen molar-refractivity contribution in [3.05, 3.63) is 0 Å². The van der Waals surface area contributed by atoms with Gasteiger partial charge in [0.15, 0.2) is 0 Å². The Hall–Kier alpha value is 1.27. The summed E-state index contributed by atoms with van der Waals surface area (Å²) in [6.07, 6.45) is -1.83. The van der Waals surface area contributed by atoms with Crippen molar-refractivity contribution in [2.75, 3.05) is 0 Å². The van der Waals surface area contributed by atoms with Crippen LogP contribution in [0.4, 0.5) is 4.79 Å². The average molecular weight is 111 g/mol. The van der Waals surface area contributed by atoms with Crippen LogP contribution in [0.3, 0.4) is 0 Å². The second kappa shape index (κ2) is 9.55. The van der Waals surface area contributed by atoms with Gasteiger partial charge in [-0.05, 0) is 0 Å². The fourth-order valence-corrected chi connectivity index (χ4v) is 0. The molecule has 28 valence electrons. The summed E-state index contributed by atoms with van der Waals surface area (Å²) < 4.78 is 0. The van der Waals surface area contributed by atoms with Gasteiger partial charge < -0.3 is 10.2 Å². The molecule has 0 aromatic heterocycles. The van der Waals surface area contributed by atoms with Crippen molar-refractivity contribution in [2.24, 2.45) is 0 Å². The van der Waals surface area contributed by atoms with E-state index in [4.69, 9.17) is 15.0 Å². The molecule has 2 N–H and O–H groups in total. The van der Waals surface area contributed by atoms with Crippen molar-refractivity contribution in [1.29, 1.82) is 0 Å². The molecule has 3 nitrogen and oxygen atoms in total. The molecule has 0 spiro atoms. The van der Waals surface area contributed by atoms with Crippen molar-refractivity contribution in [1.82, 2.24) is 0 Å². The van der Waals surface area contributed by atoms with Crippen molar-refractivity contribution < 1.29 is 16.4 Å². The van der Waals surface area contributed by atoms with Crippen molar-refractivity contribution in [3.63, 3.8) is 0 Å². The third-order valence-electron chi connectivity index (χ3n) is 0. The van der Waals surface area contributed by atoms with E-state index in [0.29, 0.717) is 0 Å². The quantitative estimate of drug-likeness (QED) is 0.396. The molecule has 0 heterocycles. The van der Waals surface area contributed by atoms with Gasteiger partial charge in [0.1, 0.15) is 0 Å². The van der Waals surface area contributed by atoms with E-state index >= 15 is 0 Å². The molecule has 0 aromatic rings. The fourth-order valence-electron chi connectivity index (χ4n) is 0. The molecule has 0 unspecified atom stereocenters. The summed E-state index contributed by atoms with van der Waals surface area (Å²) in [6.45, 7) is 0. The van der Waals surface area contributed by atoms with Gasteiger partial charge in [-0.15, -0.1) is 0 Å². The van der Waals surface area contributed by atoms with Crippen LogP contribution in [0.5, 0.6) is 0 Å². The third kappa shape index (κ3) is 59.6. The molecule has 0 radical (unpaired) electrons. The molecule has 0 atom stereocenters. The van der Waals surface area contributed by atoms with Crippen LogP contribution in [0.1, 0.15) is 1.43 Å². The summed E-state index contributed by atoms with van der Waals surface area (Å²) >= 11 is 0. The van der Waals surface area contributed by atoms with Crippen LogP contribution in [0.15, 0.2) is 0 Å². The fraction of sp³-hybridized carbons (Fsp3) is 0. The van der Waals surface area contributed by atoms with Gasteiger partial charge in [-0.25, -0.2) is 4.79 Å². The molecule has 0 aliphatic rings. The minimum atomic E-state index is -1.83. The first-order chi connectivity index (χ1) is 1.73. The molecule has 0 amide bonds. The van der Waals surface area contributed by atoms with Gasteiger partial charge in [0, 0.05) is 0 Å². The average Bonchev–Trinajstić information content (AvgIpc) is 0.811. The van der Waals surface area contributed by atoms with Crippen LogP contribution in [-0.2, 0) is 0 Å². The predicted octanol–water partition coefficient (Wildman–Crippen LogP) is -0.962. The van der Waals surface area contributed by atoms with E-state index in [1.54, 1.807) is 0 Å². The Morgan fingerprint density at radius 1 is 1.33 bits per heavy atom. The summed E-state index contributed by atoms with van der Waals surface area (Å²) in [7, 11) is 0. The molecule has 0 rings (SSSR count). The van der Waals surface area contributed by atoms with E-state index in [2.05, 4.69) is 0 Å². The van der Waals surface area contributed by atoms with E-state index in [0.717, 1.165) is 0 Å². The van der Waals surface area contributed by atoms with Crippen molar-refractivity contribution in [3.8, 4) is 0 Å². The minimum absolute atomic E-state index is 0. The standard InChI is InChI=1S/CH2O3.2Na.2H/c2-1(3)4;;;;/h(H2,2,3,4);;;;/p+1. The molecule has 0 fully saturated rings. The molecule has 0 aliphatic carbocycles. The number of carbonyl (C=O) groups is 1. The van der Waals surface area contributed by atoms with Gasteiger partial charge in [-0.1, -0.05) is 0 Å².